The molecule has 5 heterocycles. The number of nitrogens with one attached hydrogen (secondary N) is 2. The number of fused-ring (bicyclic) bond motifs is 20. The van der Waals surface area contributed by atoms with Crippen LogP contribution in [-0.4, -0.2) is 39.9 Å². The molecule has 3 aromatic heterocycles. The van der Waals surface area contributed by atoms with Gasteiger partial charge in [0.2, 0.25) is 0 Å². The van der Waals surface area contributed by atoms with Crippen LogP contribution in [-0.2, 0) is 18.1 Å². The van der Waals surface area contributed by atoms with Gasteiger partial charge in [-0.05, 0) is 0 Å². The molecular formula is C32H18F2N8Zn. The molecule has 4 aromatic carbocycles. The van der Waals surface area contributed by atoms with Crippen molar-refractivity contribution in [2.45, 2.75) is 0 Å². The molecular weight excluding hydrogens is 600 g/mol. The Balaban J connectivity index is 0.000000892. The number of hydrogen-bond donors (Lipinski definition) is 2. The Bertz CT molecular complexity index is 2060. The Kier molecular flexibility index (Phi) is 6.04. The molecule has 7 aromatic rings. The molecule has 0 saturated carbocycles. The first kappa shape index (κ1) is 25.4. The maximum Gasteiger partial charge on any atom is 0.164 e. The van der Waals surface area contributed by atoms with E-state index in [1.165, 1.54) is 0 Å². The fraction of sp³-hybridized carbons (Fsp3) is 0. The molecule has 0 saturated heterocycles. The van der Waals surface area contributed by atoms with E-state index < -0.39 is 18.1 Å². The molecule has 8 bridgehead atoms. The molecule has 2 N–H and O–H groups in total. The van der Waals surface area contributed by atoms with Gasteiger partial charge in [-0.2, -0.15) is 0 Å². The van der Waals surface area contributed by atoms with Crippen LogP contribution in [0.2, 0.25) is 0 Å². The van der Waals surface area contributed by atoms with Crippen molar-refractivity contribution in [1.82, 2.24) is 39.9 Å². The van der Waals surface area contributed by atoms with Crippen molar-refractivity contribution in [3.8, 4) is 45.6 Å². The Morgan fingerprint density at radius 3 is 0.860 bits per heavy atom. The van der Waals surface area contributed by atoms with Crippen LogP contribution in [0, 0.1) is 0 Å². The van der Waals surface area contributed by atoms with Gasteiger partial charge in [-0.15, -0.1) is 0 Å². The van der Waals surface area contributed by atoms with Crippen molar-refractivity contribution >= 4 is 44.1 Å². The number of nitrogens with zero attached hydrogens (tertiary/aromatic N) is 6. The fourth-order valence-corrected chi connectivity index (χ4v) is 5.59. The van der Waals surface area contributed by atoms with Crippen LogP contribution in [0.3, 0.4) is 0 Å². The molecule has 8 nitrogen and oxygen atoms in total. The SMILES string of the molecule is [F][Zn][F].c1ccc2c(c1)-c1nc-2nc2[nH]c(nc3nc(nc4[nH]c(n1)c1ccccc41)-c1ccccc1-3)c1ccccc21. The summed E-state index contributed by atoms with van der Waals surface area (Å²) in [5.41, 5.74) is 6.45. The zero-order chi connectivity index (χ0) is 28.9. The number of halogens is 2. The van der Waals surface area contributed by atoms with Crippen molar-refractivity contribution < 1.29 is 24.8 Å². The predicted octanol–water partition coefficient (Wildman–Crippen LogP) is 7.71. The van der Waals surface area contributed by atoms with Crippen LogP contribution in [0.1, 0.15) is 0 Å². The summed E-state index contributed by atoms with van der Waals surface area (Å²) < 4.78 is 19.6. The van der Waals surface area contributed by atoms with Gasteiger partial charge in [-0.25, -0.2) is 29.9 Å². The van der Waals surface area contributed by atoms with Crippen molar-refractivity contribution in [1.29, 1.82) is 0 Å². The second kappa shape index (κ2) is 10.2. The van der Waals surface area contributed by atoms with E-state index in [0.29, 0.717) is 45.9 Å². The van der Waals surface area contributed by atoms with Gasteiger partial charge in [0.25, 0.3) is 0 Å². The van der Waals surface area contributed by atoms with E-state index in [0.717, 1.165) is 43.8 Å². The van der Waals surface area contributed by atoms with Gasteiger partial charge >= 0.3 is 24.8 Å². The zero-order valence-corrected chi connectivity index (χ0v) is 25.4. The average molecular weight is 618 g/mol. The van der Waals surface area contributed by atoms with Gasteiger partial charge < -0.3 is 9.97 Å². The molecule has 0 aliphatic carbocycles. The molecule has 0 atom stereocenters. The van der Waals surface area contributed by atoms with Crippen LogP contribution in [0.5, 0.6) is 0 Å². The van der Waals surface area contributed by atoms with E-state index in [-0.39, 0.29) is 0 Å². The van der Waals surface area contributed by atoms with Gasteiger partial charge in [0, 0.05) is 43.8 Å². The Morgan fingerprint density at radius 1 is 0.372 bits per heavy atom. The third kappa shape index (κ3) is 4.20. The summed E-state index contributed by atoms with van der Waals surface area (Å²) >= 11 is -2.88. The standard InChI is InChI=1S/C32H18N8.2FH.Zn/c1-2-10-18-17(9-1)25-33-26(18)38-28-21-13-5-6-14-22(21)30(35-28)40-32-24-16-8-7-15-23(24)31(36-32)39-29-20-12-4-3-11-19(20)27(34-29)37-25;;;/h1-16H,(H2,33,34,35,36,37,38,39,40);2*1H;/q;;;+2/p-2. The minimum atomic E-state index is -2.88. The molecule has 0 spiro atoms. The number of aromatic nitrogens is 8. The number of hydrogen-bond acceptors (Lipinski definition) is 6. The van der Waals surface area contributed by atoms with E-state index in [2.05, 4.69) is 9.97 Å². The van der Waals surface area contributed by atoms with Gasteiger partial charge in [-0.3, -0.25) is 0 Å². The van der Waals surface area contributed by atoms with E-state index in [9.17, 15) is 6.63 Å². The third-order valence-corrected chi connectivity index (χ3v) is 7.46. The van der Waals surface area contributed by atoms with Crippen LogP contribution in [0.4, 0.5) is 6.63 Å². The molecule has 0 amide bonds. The number of aromatic amines is 2. The van der Waals surface area contributed by atoms with Crippen LogP contribution in [0.15, 0.2) is 97.1 Å². The Hall–Kier alpha value is -5.28. The maximum atomic E-state index is 9.81. The average Bonchev–Trinajstić information content (AvgIpc) is 3.77. The molecule has 2 aliphatic rings. The molecule has 9 rings (SSSR count). The van der Waals surface area contributed by atoms with E-state index in [1.807, 2.05) is 97.1 Å². The summed E-state index contributed by atoms with van der Waals surface area (Å²) in [5.74, 6) is 2.39. The minimum Gasteiger partial charge on any atom is -0.324 e. The maximum absolute atomic E-state index is 9.81. The van der Waals surface area contributed by atoms with E-state index in [1.54, 1.807) is 0 Å². The summed E-state index contributed by atoms with van der Waals surface area (Å²) in [6.07, 6.45) is 0. The van der Waals surface area contributed by atoms with Crippen LogP contribution >= 0.6 is 0 Å². The fourth-order valence-electron chi connectivity index (χ4n) is 5.59. The van der Waals surface area contributed by atoms with Crippen molar-refractivity contribution in [2.24, 2.45) is 0 Å². The quantitative estimate of drug-likeness (QED) is 0.169. The van der Waals surface area contributed by atoms with Crippen LogP contribution < -0.4 is 0 Å². The Morgan fingerprint density at radius 2 is 0.605 bits per heavy atom. The molecule has 43 heavy (non-hydrogen) atoms. The number of benzene rings is 4. The van der Waals surface area contributed by atoms with Gasteiger partial charge in [0.15, 0.2) is 23.3 Å². The van der Waals surface area contributed by atoms with Crippen molar-refractivity contribution in [3.05, 3.63) is 97.1 Å². The monoisotopic (exact) mass is 616 g/mol. The first-order valence-electron chi connectivity index (χ1n) is 13.5. The molecule has 0 radical (unpaired) electrons. The topological polar surface area (TPSA) is 109 Å². The number of H-pyrrole nitrogens is 2. The van der Waals surface area contributed by atoms with E-state index >= 15 is 0 Å². The first-order valence-corrected chi connectivity index (χ1v) is 15.8. The molecule has 2 aliphatic heterocycles. The predicted molar refractivity (Wildman–Crippen MR) is 158 cm³/mol. The van der Waals surface area contributed by atoms with E-state index in [4.69, 9.17) is 29.9 Å². The van der Waals surface area contributed by atoms with Gasteiger partial charge in [0.05, 0.1) is 0 Å². The normalized spacial score (nSPS) is 11.4. The summed E-state index contributed by atoms with van der Waals surface area (Å²) in [4.78, 5) is 36.8. The van der Waals surface area contributed by atoms with Crippen molar-refractivity contribution in [2.75, 3.05) is 0 Å². The number of rotatable bonds is 0. The van der Waals surface area contributed by atoms with Crippen molar-refractivity contribution in [3.63, 3.8) is 0 Å². The summed E-state index contributed by atoms with van der Waals surface area (Å²) in [6, 6.07) is 32.2. The smallest absolute Gasteiger partial charge is 0.164 e. The second-order valence-corrected chi connectivity index (χ2v) is 10.3. The summed E-state index contributed by atoms with van der Waals surface area (Å²) in [6.45, 7) is 0. The minimum absolute atomic E-state index is 0.597. The van der Waals surface area contributed by atoms with Gasteiger partial charge in [0.1, 0.15) is 22.6 Å². The summed E-state index contributed by atoms with van der Waals surface area (Å²) in [5, 5.41) is 3.82. The first-order chi connectivity index (χ1) is 21.2. The molecule has 11 heteroatoms. The largest absolute Gasteiger partial charge is 0.324 e. The zero-order valence-electron chi connectivity index (χ0n) is 22.4. The third-order valence-electron chi connectivity index (χ3n) is 7.46. The Labute approximate surface area is 250 Å². The summed E-state index contributed by atoms with van der Waals surface area (Å²) in [7, 11) is 0. The second-order valence-electron chi connectivity index (χ2n) is 9.89. The molecule has 202 valence electrons. The van der Waals surface area contributed by atoms with Gasteiger partial charge in [-0.1, -0.05) is 97.1 Å². The van der Waals surface area contributed by atoms with Crippen LogP contribution in [0.25, 0.3) is 89.7 Å². The molecule has 0 unspecified atom stereocenters. The molecule has 0 fully saturated rings.